The van der Waals surface area contributed by atoms with Crippen LogP contribution in [0.25, 0.3) is 16.3 Å². The van der Waals surface area contributed by atoms with Crippen LogP contribution in [0.1, 0.15) is 12.0 Å². The van der Waals surface area contributed by atoms with Gasteiger partial charge in [0.2, 0.25) is 0 Å². The first-order valence-electron chi connectivity index (χ1n) is 7.69. The van der Waals surface area contributed by atoms with Gasteiger partial charge < -0.3 is 9.84 Å². The maximum atomic E-state index is 9.83. The molecule has 0 spiro atoms. The third-order valence-electron chi connectivity index (χ3n) is 4.14. The second kappa shape index (κ2) is 7.01. The van der Waals surface area contributed by atoms with Gasteiger partial charge in [-0.1, -0.05) is 30.3 Å². The van der Waals surface area contributed by atoms with E-state index in [1.807, 2.05) is 18.5 Å². The highest BCUT2D eigenvalue weighted by atomic mass is 16.5. The van der Waals surface area contributed by atoms with Gasteiger partial charge in [0.25, 0.3) is 0 Å². The minimum Gasteiger partial charge on any atom is -0.389 e. The van der Waals surface area contributed by atoms with Gasteiger partial charge in [-0.3, -0.25) is 9.88 Å². The van der Waals surface area contributed by atoms with E-state index < -0.39 is 6.10 Å². The van der Waals surface area contributed by atoms with E-state index in [4.69, 9.17) is 4.74 Å². The van der Waals surface area contributed by atoms with E-state index in [9.17, 15) is 5.11 Å². The Kier molecular flexibility index (Phi) is 4.83. The first-order chi connectivity index (χ1) is 10.8. The van der Waals surface area contributed by atoms with E-state index in [0.717, 1.165) is 19.5 Å². The zero-order chi connectivity index (χ0) is 15.4. The van der Waals surface area contributed by atoms with Crippen LogP contribution in [0.15, 0.2) is 42.7 Å². The quantitative estimate of drug-likeness (QED) is 0.920. The van der Waals surface area contributed by atoms with E-state index in [-0.39, 0.29) is 0 Å². The van der Waals surface area contributed by atoms with Crippen molar-refractivity contribution >= 4 is 16.3 Å². The van der Waals surface area contributed by atoms with Crippen LogP contribution in [0, 0.1) is 0 Å². The van der Waals surface area contributed by atoms with Crippen LogP contribution in [-0.2, 0) is 4.74 Å². The number of methoxy groups -OCH3 is 1. The maximum Gasteiger partial charge on any atom is 0.0900 e. The van der Waals surface area contributed by atoms with Crippen LogP contribution < -0.4 is 0 Å². The summed E-state index contributed by atoms with van der Waals surface area (Å²) in [5.74, 6) is 0. The maximum absolute atomic E-state index is 9.83. The second-order valence-corrected chi connectivity index (χ2v) is 5.76. The highest BCUT2D eigenvalue weighted by Crippen LogP contribution is 2.28. The molecule has 22 heavy (non-hydrogen) atoms. The number of pyridine rings is 1. The highest BCUT2D eigenvalue weighted by Gasteiger charge is 2.17. The number of rotatable bonds is 5. The number of hydrogen-bond donors (Lipinski definition) is 1. The molecule has 1 aliphatic rings. The van der Waals surface area contributed by atoms with Crippen LogP contribution in [-0.4, -0.2) is 54.4 Å². The molecule has 1 aliphatic heterocycles. The molecule has 0 radical (unpaired) electrons. The van der Waals surface area contributed by atoms with E-state index in [2.05, 4.69) is 34.2 Å². The molecule has 0 aliphatic carbocycles. The SMILES string of the molecule is COC[C@@H](O)CN1CC=C(c2cncc3ccccc23)CC1. The van der Waals surface area contributed by atoms with Crippen LogP contribution in [0.2, 0.25) is 0 Å². The van der Waals surface area contributed by atoms with Crippen molar-refractivity contribution in [1.29, 1.82) is 0 Å². The van der Waals surface area contributed by atoms with Gasteiger partial charge in [0.1, 0.15) is 0 Å². The third kappa shape index (κ3) is 3.35. The number of β-amino-alcohol motifs (C(OH)–C–C–N with tert-alkyl or cyclic N) is 1. The summed E-state index contributed by atoms with van der Waals surface area (Å²) >= 11 is 0. The predicted molar refractivity (Wildman–Crippen MR) is 88.7 cm³/mol. The van der Waals surface area contributed by atoms with Gasteiger partial charge in [-0.15, -0.1) is 0 Å². The average Bonchev–Trinajstić information content (AvgIpc) is 2.55. The lowest BCUT2D eigenvalue weighted by atomic mass is 9.96. The Labute approximate surface area is 131 Å². The Morgan fingerprint density at radius 2 is 2.18 bits per heavy atom. The lowest BCUT2D eigenvalue weighted by molar-refractivity contribution is 0.0401. The summed E-state index contributed by atoms with van der Waals surface area (Å²) in [6.45, 7) is 2.86. The second-order valence-electron chi connectivity index (χ2n) is 5.76. The Morgan fingerprint density at radius 1 is 1.32 bits per heavy atom. The summed E-state index contributed by atoms with van der Waals surface area (Å²) in [6.07, 6.45) is 6.69. The minimum absolute atomic E-state index is 0.389. The Morgan fingerprint density at radius 3 is 2.95 bits per heavy atom. The van der Waals surface area contributed by atoms with Crippen molar-refractivity contribution in [2.75, 3.05) is 33.4 Å². The molecule has 1 aromatic carbocycles. The van der Waals surface area contributed by atoms with Crippen molar-refractivity contribution in [3.63, 3.8) is 0 Å². The number of hydrogen-bond acceptors (Lipinski definition) is 4. The fourth-order valence-electron chi connectivity index (χ4n) is 3.04. The molecule has 3 rings (SSSR count). The summed E-state index contributed by atoms with van der Waals surface area (Å²) in [4.78, 5) is 6.62. The molecule has 0 bridgehead atoms. The van der Waals surface area contributed by atoms with Gasteiger partial charge in [-0.2, -0.15) is 0 Å². The van der Waals surface area contributed by atoms with E-state index in [1.54, 1.807) is 7.11 Å². The lowest BCUT2D eigenvalue weighted by Gasteiger charge is -2.28. The first kappa shape index (κ1) is 15.2. The van der Waals surface area contributed by atoms with Crippen molar-refractivity contribution in [3.05, 3.63) is 48.3 Å². The molecule has 1 N–H and O–H groups in total. The molecule has 0 fully saturated rings. The highest BCUT2D eigenvalue weighted by molar-refractivity contribution is 5.93. The summed E-state index contributed by atoms with van der Waals surface area (Å²) in [5.41, 5.74) is 2.58. The molecule has 0 saturated heterocycles. The number of ether oxygens (including phenoxy) is 1. The standard InChI is InChI=1S/C18H22N2O2/c1-22-13-16(21)12-20-8-6-14(7-9-20)18-11-19-10-15-4-2-3-5-17(15)18/h2-6,10-11,16,21H,7-9,12-13H2,1H3/t16-/m0/s1. The third-order valence-corrected chi connectivity index (χ3v) is 4.14. The largest absolute Gasteiger partial charge is 0.389 e. The minimum atomic E-state index is -0.417. The number of aliphatic hydroxyl groups excluding tert-OH is 1. The van der Waals surface area contributed by atoms with Crippen molar-refractivity contribution in [3.8, 4) is 0 Å². The molecule has 0 amide bonds. The van der Waals surface area contributed by atoms with E-state index in [0.29, 0.717) is 13.2 Å². The Hall–Kier alpha value is -1.75. The first-order valence-corrected chi connectivity index (χ1v) is 7.69. The smallest absolute Gasteiger partial charge is 0.0900 e. The van der Waals surface area contributed by atoms with Crippen LogP contribution in [0.4, 0.5) is 0 Å². The zero-order valence-corrected chi connectivity index (χ0v) is 12.9. The number of fused-ring (bicyclic) bond motifs is 1. The number of aliphatic hydroxyl groups is 1. The summed E-state index contributed by atoms with van der Waals surface area (Å²) < 4.78 is 4.98. The van der Waals surface area contributed by atoms with Gasteiger partial charge in [0.05, 0.1) is 12.7 Å². The fraction of sp³-hybridized carbons (Fsp3) is 0.389. The summed E-state index contributed by atoms with van der Waals surface area (Å²) in [7, 11) is 1.62. The molecule has 1 atom stereocenters. The predicted octanol–water partition coefficient (Wildman–Crippen LogP) is 2.33. The fourth-order valence-corrected chi connectivity index (χ4v) is 3.04. The molecule has 4 nitrogen and oxygen atoms in total. The average molecular weight is 298 g/mol. The molecular formula is C18H22N2O2. The summed E-state index contributed by atoms with van der Waals surface area (Å²) in [5, 5.41) is 12.3. The molecule has 0 saturated carbocycles. The zero-order valence-electron chi connectivity index (χ0n) is 12.9. The van der Waals surface area contributed by atoms with Crippen LogP contribution in [0.5, 0.6) is 0 Å². The van der Waals surface area contributed by atoms with Crippen molar-refractivity contribution < 1.29 is 9.84 Å². The number of nitrogens with zero attached hydrogens (tertiary/aromatic N) is 2. The molecule has 116 valence electrons. The van der Waals surface area contributed by atoms with Crippen LogP contribution in [0.3, 0.4) is 0 Å². The molecule has 1 aromatic heterocycles. The Balaban J connectivity index is 1.75. The normalized spacial score (nSPS) is 17.5. The molecule has 0 unspecified atom stereocenters. The van der Waals surface area contributed by atoms with Gasteiger partial charge in [-0.25, -0.2) is 0 Å². The monoisotopic (exact) mass is 298 g/mol. The molecule has 2 aromatic rings. The molecule has 2 heterocycles. The van der Waals surface area contributed by atoms with Crippen molar-refractivity contribution in [1.82, 2.24) is 9.88 Å². The van der Waals surface area contributed by atoms with Gasteiger partial charge in [0, 0.05) is 50.1 Å². The van der Waals surface area contributed by atoms with Crippen molar-refractivity contribution in [2.45, 2.75) is 12.5 Å². The molecule has 4 heteroatoms. The van der Waals surface area contributed by atoms with E-state index in [1.165, 1.54) is 21.9 Å². The lowest BCUT2D eigenvalue weighted by Crippen LogP contribution is -2.37. The number of aromatic nitrogens is 1. The van der Waals surface area contributed by atoms with Gasteiger partial charge >= 0.3 is 0 Å². The van der Waals surface area contributed by atoms with Crippen LogP contribution >= 0.6 is 0 Å². The van der Waals surface area contributed by atoms with Crippen molar-refractivity contribution in [2.24, 2.45) is 0 Å². The summed E-state index contributed by atoms with van der Waals surface area (Å²) in [6, 6.07) is 8.37. The van der Waals surface area contributed by atoms with Gasteiger partial charge in [-0.05, 0) is 17.4 Å². The Bertz CT molecular complexity index is 664. The molecular weight excluding hydrogens is 276 g/mol. The van der Waals surface area contributed by atoms with E-state index >= 15 is 0 Å². The number of benzene rings is 1. The topological polar surface area (TPSA) is 45.6 Å². The van der Waals surface area contributed by atoms with Gasteiger partial charge in [0.15, 0.2) is 0 Å².